The summed E-state index contributed by atoms with van der Waals surface area (Å²) < 4.78 is 5.29. The number of amides is 1. The number of rotatable bonds is 10. The first kappa shape index (κ1) is 28.1. The minimum Gasteiger partial charge on any atom is -0.385 e. The number of ether oxygens (including phenoxy) is 1. The molecule has 0 bridgehead atoms. The topological polar surface area (TPSA) is 75.8 Å². The van der Waals surface area contributed by atoms with E-state index in [9.17, 15) is 9.90 Å². The van der Waals surface area contributed by atoms with Crippen LogP contribution in [-0.4, -0.2) is 48.8 Å². The van der Waals surface area contributed by atoms with E-state index in [1.54, 1.807) is 7.11 Å². The zero-order chi connectivity index (χ0) is 26.4. The Morgan fingerprint density at radius 3 is 2.70 bits per heavy atom. The summed E-state index contributed by atoms with van der Waals surface area (Å²) in [6.07, 6.45) is 7.32. The summed E-state index contributed by atoms with van der Waals surface area (Å²) in [7, 11) is 1.71. The molecule has 1 aliphatic carbocycles. The molecule has 2 aromatic rings. The molecule has 4 unspecified atom stereocenters. The van der Waals surface area contributed by atoms with E-state index in [1.165, 1.54) is 11.1 Å². The highest BCUT2D eigenvalue weighted by Crippen LogP contribution is 2.43. The fourth-order valence-electron chi connectivity index (χ4n) is 6.41. The van der Waals surface area contributed by atoms with E-state index in [1.807, 2.05) is 29.2 Å². The summed E-state index contributed by atoms with van der Waals surface area (Å²) in [4.78, 5) is 15.4. The molecule has 2 fully saturated rings. The predicted octanol–water partition coefficient (Wildman–Crippen LogP) is 5.61. The van der Waals surface area contributed by atoms with Crippen LogP contribution in [0.3, 0.4) is 0 Å². The number of halogens is 1. The monoisotopic (exact) mass is 526 g/mol. The number of methoxy groups -OCH3 is 1. The van der Waals surface area contributed by atoms with Crippen molar-refractivity contribution in [2.24, 2.45) is 17.6 Å². The molecule has 1 amide bonds. The molecule has 3 N–H and O–H groups in total. The Balaban J connectivity index is 1.65. The van der Waals surface area contributed by atoms with Crippen LogP contribution in [0.5, 0.6) is 0 Å². The van der Waals surface area contributed by atoms with E-state index in [0.717, 1.165) is 62.6 Å². The third-order valence-electron chi connectivity index (χ3n) is 8.60. The molecule has 4 rings (SSSR count). The van der Waals surface area contributed by atoms with Gasteiger partial charge in [-0.05, 0) is 93.0 Å². The molecule has 0 spiro atoms. The summed E-state index contributed by atoms with van der Waals surface area (Å²) in [5, 5.41) is 13.3. The van der Waals surface area contributed by atoms with Crippen molar-refractivity contribution in [1.29, 1.82) is 0 Å². The van der Waals surface area contributed by atoms with Gasteiger partial charge in [-0.1, -0.05) is 48.0 Å². The van der Waals surface area contributed by atoms with Gasteiger partial charge in [0, 0.05) is 49.7 Å². The van der Waals surface area contributed by atoms with Gasteiger partial charge in [-0.15, -0.1) is 0 Å². The molecule has 6 heteroatoms. The summed E-state index contributed by atoms with van der Waals surface area (Å²) in [6, 6.07) is 14.4. The summed E-state index contributed by atoms with van der Waals surface area (Å²) >= 11 is 6.83. The SMILES string of the molecule is COCCCCC(O)(c1cccc(Cl)c1Cc1ccccc1C)C1CCCN(C(=O)C2CCC(N)C2)C1. The van der Waals surface area contributed by atoms with Gasteiger partial charge in [0.05, 0.1) is 5.60 Å². The fourth-order valence-corrected chi connectivity index (χ4v) is 6.65. The van der Waals surface area contributed by atoms with Gasteiger partial charge in [0.1, 0.15) is 0 Å². The Labute approximate surface area is 227 Å². The van der Waals surface area contributed by atoms with Crippen LogP contribution in [0.15, 0.2) is 42.5 Å². The van der Waals surface area contributed by atoms with Gasteiger partial charge in [0.25, 0.3) is 0 Å². The Morgan fingerprint density at radius 1 is 1.16 bits per heavy atom. The van der Waals surface area contributed by atoms with Crippen molar-refractivity contribution in [2.75, 3.05) is 26.8 Å². The number of nitrogens with zero attached hydrogens (tertiary/aromatic N) is 1. The largest absolute Gasteiger partial charge is 0.385 e. The minimum absolute atomic E-state index is 0.0198. The lowest BCUT2D eigenvalue weighted by Crippen LogP contribution is -2.49. The van der Waals surface area contributed by atoms with Crippen LogP contribution in [0.2, 0.25) is 5.02 Å². The van der Waals surface area contributed by atoms with Crippen molar-refractivity contribution >= 4 is 17.5 Å². The van der Waals surface area contributed by atoms with Crippen LogP contribution >= 0.6 is 11.6 Å². The molecule has 1 heterocycles. The van der Waals surface area contributed by atoms with Crippen LogP contribution in [-0.2, 0) is 21.6 Å². The first-order valence-electron chi connectivity index (χ1n) is 13.9. The smallest absolute Gasteiger partial charge is 0.225 e. The Hall–Kier alpha value is -1.92. The number of nitrogens with two attached hydrogens (primary N) is 1. The molecule has 1 aliphatic heterocycles. The number of piperidine rings is 1. The molecule has 202 valence electrons. The van der Waals surface area contributed by atoms with Gasteiger partial charge in [-0.3, -0.25) is 4.79 Å². The van der Waals surface area contributed by atoms with Crippen LogP contribution in [0.4, 0.5) is 0 Å². The number of aliphatic hydroxyl groups is 1. The summed E-state index contributed by atoms with van der Waals surface area (Å²) in [6.45, 7) is 4.11. The number of carbonyl (C=O) groups excluding carboxylic acids is 1. The lowest BCUT2D eigenvalue weighted by Gasteiger charge is -2.44. The maximum atomic E-state index is 13.4. The second kappa shape index (κ2) is 12.8. The lowest BCUT2D eigenvalue weighted by molar-refractivity contribution is -0.141. The zero-order valence-electron chi connectivity index (χ0n) is 22.4. The van der Waals surface area contributed by atoms with E-state index in [4.69, 9.17) is 22.1 Å². The van der Waals surface area contributed by atoms with E-state index < -0.39 is 5.60 Å². The van der Waals surface area contributed by atoms with E-state index in [2.05, 4.69) is 25.1 Å². The lowest BCUT2D eigenvalue weighted by atomic mass is 9.72. The number of carbonyl (C=O) groups is 1. The predicted molar refractivity (Wildman–Crippen MR) is 150 cm³/mol. The van der Waals surface area contributed by atoms with Gasteiger partial charge in [0.2, 0.25) is 5.91 Å². The third kappa shape index (κ3) is 6.57. The molecule has 0 radical (unpaired) electrons. The second-order valence-corrected chi connectivity index (χ2v) is 11.5. The molecule has 5 nitrogen and oxygen atoms in total. The standard InChI is InChI=1S/C31H43ClN2O3/c1-22-9-3-4-10-23(22)20-27-28(12-7-13-29(27)32)31(36,16-5-6-18-37-2)25-11-8-17-34(21-25)30(35)24-14-15-26(33)19-24/h3-4,7,9-10,12-13,24-26,36H,5-6,8,11,14-21,33H2,1-2H3. The number of aryl methyl sites for hydroxylation is 1. The first-order valence-corrected chi connectivity index (χ1v) is 14.3. The van der Waals surface area contributed by atoms with Gasteiger partial charge in [-0.2, -0.15) is 0 Å². The normalized spacial score (nSPS) is 23.7. The molecule has 4 atom stereocenters. The van der Waals surface area contributed by atoms with E-state index in [0.29, 0.717) is 31.0 Å². The van der Waals surface area contributed by atoms with Gasteiger partial charge < -0.3 is 20.5 Å². The maximum absolute atomic E-state index is 13.4. The van der Waals surface area contributed by atoms with Crippen LogP contribution in [0, 0.1) is 18.8 Å². The Morgan fingerprint density at radius 2 is 1.97 bits per heavy atom. The first-order chi connectivity index (χ1) is 17.8. The molecular formula is C31H43ClN2O3. The van der Waals surface area contributed by atoms with Crippen LogP contribution < -0.4 is 5.73 Å². The minimum atomic E-state index is -1.08. The highest BCUT2D eigenvalue weighted by molar-refractivity contribution is 6.31. The summed E-state index contributed by atoms with van der Waals surface area (Å²) in [5.74, 6) is 0.175. The fraction of sp³-hybridized carbons (Fsp3) is 0.581. The molecule has 2 aliphatic rings. The van der Waals surface area contributed by atoms with Crippen molar-refractivity contribution in [2.45, 2.75) is 76.4 Å². The van der Waals surface area contributed by atoms with E-state index in [-0.39, 0.29) is 23.8 Å². The number of benzene rings is 2. The summed E-state index contributed by atoms with van der Waals surface area (Å²) in [5.41, 5.74) is 9.34. The third-order valence-corrected chi connectivity index (χ3v) is 8.96. The quantitative estimate of drug-likeness (QED) is 0.394. The number of likely N-dealkylation sites (tertiary alicyclic amines) is 1. The number of unbranched alkanes of at least 4 members (excludes halogenated alkanes) is 1. The number of hydrogen-bond donors (Lipinski definition) is 2. The highest BCUT2D eigenvalue weighted by Gasteiger charge is 2.43. The van der Waals surface area contributed by atoms with Crippen LogP contribution in [0.25, 0.3) is 0 Å². The zero-order valence-corrected chi connectivity index (χ0v) is 23.2. The van der Waals surface area contributed by atoms with Crippen molar-refractivity contribution in [1.82, 2.24) is 4.90 Å². The Kier molecular flexibility index (Phi) is 9.68. The van der Waals surface area contributed by atoms with Gasteiger partial charge in [0.15, 0.2) is 0 Å². The molecule has 0 aromatic heterocycles. The van der Waals surface area contributed by atoms with Crippen molar-refractivity contribution in [3.8, 4) is 0 Å². The molecule has 1 saturated heterocycles. The maximum Gasteiger partial charge on any atom is 0.225 e. The highest BCUT2D eigenvalue weighted by atomic mass is 35.5. The Bertz CT molecular complexity index is 1060. The molecule has 2 aromatic carbocycles. The molecule has 37 heavy (non-hydrogen) atoms. The van der Waals surface area contributed by atoms with E-state index >= 15 is 0 Å². The molecular weight excluding hydrogens is 484 g/mol. The van der Waals surface area contributed by atoms with Gasteiger partial charge >= 0.3 is 0 Å². The van der Waals surface area contributed by atoms with Crippen molar-refractivity contribution < 1.29 is 14.6 Å². The van der Waals surface area contributed by atoms with Gasteiger partial charge in [-0.25, -0.2) is 0 Å². The average molecular weight is 527 g/mol. The number of hydrogen-bond acceptors (Lipinski definition) is 4. The van der Waals surface area contributed by atoms with Crippen molar-refractivity contribution in [3.63, 3.8) is 0 Å². The van der Waals surface area contributed by atoms with Crippen molar-refractivity contribution in [3.05, 3.63) is 69.7 Å². The second-order valence-electron chi connectivity index (χ2n) is 11.1. The van der Waals surface area contributed by atoms with Crippen LogP contribution in [0.1, 0.15) is 73.6 Å². The average Bonchev–Trinajstić information content (AvgIpc) is 3.34. The molecule has 1 saturated carbocycles.